The maximum absolute atomic E-state index is 13.6. The van der Waals surface area contributed by atoms with Crippen LogP contribution in [0.5, 0.6) is 11.5 Å². The lowest BCUT2D eigenvalue weighted by molar-refractivity contribution is 0.411. The molecular formula is C15H14F3NO. The Morgan fingerprint density at radius 3 is 2.55 bits per heavy atom. The first-order valence-electron chi connectivity index (χ1n) is 6.13. The molecular weight excluding hydrogens is 267 g/mol. The first-order chi connectivity index (χ1) is 9.47. The summed E-state index contributed by atoms with van der Waals surface area (Å²) in [5, 5.41) is 0. The SMILES string of the molecule is CC(N)Cc1cc(F)ccc1Oc1cccc(F)c1F. The number of hydrogen-bond acceptors (Lipinski definition) is 2. The highest BCUT2D eigenvalue weighted by Crippen LogP contribution is 2.29. The summed E-state index contributed by atoms with van der Waals surface area (Å²) >= 11 is 0. The van der Waals surface area contributed by atoms with Crippen LogP contribution in [-0.2, 0) is 6.42 Å². The minimum atomic E-state index is -1.08. The molecule has 0 fully saturated rings. The zero-order valence-electron chi connectivity index (χ0n) is 10.9. The molecule has 2 nitrogen and oxygen atoms in total. The maximum Gasteiger partial charge on any atom is 0.201 e. The Morgan fingerprint density at radius 2 is 1.85 bits per heavy atom. The molecule has 0 aliphatic carbocycles. The van der Waals surface area contributed by atoms with Gasteiger partial charge in [-0.2, -0.15) is 4.39 Å². The quantitative estimate of drug-likeness (QED) is 0.925. The van der Waals surface area contributed by atoms with E-state index >= 15 is 0 Å². The van der Waals surface area contributed by atoms with Crippen LogP contribution in [0.2, 0.25) is 0 Å². The average molecular weight is 281 g/mol. The van der Waals surface area contributed by atoms with Gasteiger partial charge >= 0.3 is 0 Å². The third kappa shape index (κ3) is 3.30. The highest BCUT2D eigenvalue weighted by molar-refractivity contribution is 5.39. The molecule has 0 radical (unpaired) electrons. The van der Waals surface area contributed by atoms with E-state index in [1.54, 1.807) is 6.92 Å². The Morgan fingerprint density at radius 1 is 1.10 bits per heavy atom. The second-order valence-electron chi connectivity index (χ2n) is 4.59. The fourth-order valence-corrected chi connectivity index (χ4v) is 1.84. The largest absolute Gasteiger partial charge is 0.454 e. The molecule has 20 heavy (non-hydrogen) atoms. The lowest BCUT2D eigenvalue weighted by Gasteiger charge is -2.13. The highest BCUT2D eigenvalue weighted by atomic mass is 19.2. The van der Waals surface area contributed by atoms with E-state index in [0.29, 0.717) is 12.0 Å². The molecule has 0 spiro atoms. The van der Waals surface area contributed by atoms with Gasteiger partial charge in [-0.05, 0) is 49.2 Å². The van der Waals surface area contributed by atoms with Crippen molar-refractivity contribution < 1.29 is 17.9 Å². The van der Waals surface area contributed by atoms with Gasteiger partial charge in [0.15, 0.2) is 11.6 Å². The lowest BCUT2D eigenvalue weighted by Crippen LogP contribution is -2.18. The monoisotopic (exact) mass is 281 g/mol. The van der Waals surface area contributed by atoms with Gasteiger partial charge in [0.05, 0.1) is 0 Å². The van der Waals surface area contributed by atoms with Crippen LogP contribution < -0.4 is 10.5 Å². The van der Waals surface area contributed by atoms with E-state index in [4.69, 9.17) is 10.5 Å². The summed E-state index contributed by atoms with van der Waals surface area (Å²) in [6, 6.07) is 7.26. The van der Waals surface area contributed by atoms with Gasteiger partial charge in [0, 0.05) is 6.04 Å². The van der Waals surface area contributed by atoms with Gasteiger partial charge in [-0.15, -0.1) is 0 Å². The smallest absolute Gasteiger partial charge is 0.201 e. The van der Waals surface area contributed by atoms with Crippen LogP contribution in [0, 0.1) is 17.5 Å². The van der Waals surface area contributed by atoms with E-state index in [9.17, 15) is 13.2 Å². The molecule has 0 bridgehead atoms. The highest BCUT2D eigenvalue weighted by Gasteiger charge is 2.13. The molecule has 0 aromatic heterocycles. The maximum atomic E-state index is 13.6. The summed E-state index contributed by atoms with van der Waals surface area (Å²) < 4.78 is 45.3. The van der Waals surface area contributed by atoms with Crippen LogP contribution in [0.1, 0.15) is 12.5 Å². The van der Waals surface area contributed by atoms with Crippen molar-refractivity contribution in [3.8, 4) is 11.5 Å². The van der Waals surface area contributed by atoms with Gasteiger partial charge in [-0.25, -0.2) is 8.78 Å². The molecule has 0 heterocycles. The zero-order valence-corrected chi connectivity index (χ0v) is 10.9. The lowest BCUT2D eigenvalue weighted by atomic mass is 10.1. The van der Waals surface area contributed by atoms with Crippen LogP contribution in [0.4, 0.5) is 13.2 Å². The van der Waals surface area contributed by atoms with Gasteiger partial charge < -0.3 is 10.5 Å². The Balaban J connectivity index is 2.35. The number of benzene rings is 2. The summed E-state index contributed by atoms with van der Waals surface area (Å²) in [4.78, 5) is 0. The van der Waals surface area contributed by atoms with Crippen molar-refractivity contribution in [2.24, 2.45) is 5.73 Å². The van der Waals surface area contributed by atoms with E-state index in [2.05, 4.69) is 0 Å². The Hall–Kier alpha value is -2.01. The standard InChI is InChI=1S/C15H14F3NO/c1-9(19)7-10-8-11(16)5-6-13(10)20-14-4-2-3-12(17)15(14)18/h2-6,8-9H,7,19H2,1H3. The number of ether oxygens (including phenoxy) is 1. The van der Waals surface area contributed by atoms with Crippen molar-refractivity contribution in [1.82, 2.24) is 0 Å². The molecule has 2 rings (SSSR count). The molecule has 0 aliphatic heterocycles. The predicted octanol–water partition coefficient (Wildman–Crippen LogP) is 3.79. The van der Waals surface area contributed by atoms with E-state index in [-0.39, 0.29) is 17.5 Å². The molecule has 2 aromatic rings. The minimum absolute atomic E-state index is 0.212. The summed E-state index contributed by atoms with van der Waals surface area (Å²) in [7, 11) is 0. The van der Waals surface area contributed by atoms with Crippen LogP contribution in [0.25, 0.3) is 0 Å². The summed E-state index contributed by atoms with van der Waals surface area (Å²) in [5.74, 6) is -2.51. The van der Waals surface area contributed by atoms with Gasteiger partial charge in [-0.3, -0.25) is 0 Å². The summed E-state index contributed by atoms with van der Waals surface area (Å²) in [6.45, 7) is 1.76. The van der Waals surface area contributed by atoms with E-state index in [1.165, 1.54) is 30.3 Å². The average Bonchev–Trinajstić information content (AvgIpc) is 2.37. The normalized spacial score (nSPS) is 12.2. The predicted molar refractivity (Wildman–Crippen MR) is 70.2 cm³/mol. The minimum Gasteiger partial charge on any atom is -0.454 e. The van der Waals surface area contributed by atoms with Crippen LogP contribution in [0.15, 0.2) is 36.4 Å². The van der Waals surface area contributed by atoms with Gasteiger partial charge in [0.1, 0.15) is 11.6 Å². The van der Waals surface area contributed by atoms with Gasteiger partial charge in [0.2, 0.25) is 5.82 Å². The first kappa shape index (κ1) is 14.4. The molecule has 1 unspecified atom stereocenters. The van der Waals surface area contributed by atoms with Crippen LogP contribution >= 0.6 is 0 Å². The molecule has 106 valence electrons. The van der Waals surface area contributed by atoms with Crippen LogP contribution in [0.3, 0.4) is 0 Å². The molecule has 0 saturated heterocycles. The molecule has 2 N–H and O–H groups in total. The van der Waals surface area contributed by atoms with E-state index in [0.717, 1.165) is 6.07 Å². The number of nitrogens with two attached hydrogens (primary N) is 1. The second kappa shape index (κ2) is 5.96. The fraction of sp³-hybridized carbons (Fsp3) is 0.200. The number of rotatable bonds is 4. The molecule has 2 aromatic carbocycles. The van der Waals surface area contributed by atoms with Gasteiger partial charge in [-0.1, -0.05) is 6.07 Å². The second-order valence-corrected chi connectivity index (χ2v) is 4.59. The van der Waals surface area contributed by atoms with Crippen molar-refractivity contribution in [3.05, 3.63) is 59.4 Å². The molecule has 1 atom stereocenters. The van der Waals surface area contributed by atoms with Crippen molar-refractivity contribution in [1.29, 1.82) is 0 Å². The fourth-order valence-electron chi connectivity index (χ4n) is 1.84. The van der Waals surface area contributed by atoms with Crippen LogP contribution in [-0.4, -0.2) is 6.04 Å². The first-order valence-corrected chi connectivity index (χ1v) is 6.13. The Bertz CT molecular complexity index is 614. The van der Waals surface area contributed by atoms with Crippen molar-refractivity contribution in [3.63, 3.8) is 0 Å². The van der Waals surface area contributed by atoms with Crippen molar-refractivity contribution in [2.75, 3.05) is 0 Å². The van der Waals surface area contributed by atoms with E-state index in [1.807, 2.05) is 0 Å². The Labute approximate surface area is 115 Å². The molecule has 5 heteroatoms. The summed E-state index contributed by atoms with van der Waals surface area (Å²) in [6.07, 6.45) is 0.365. The summed E-state index contributed by atoms with van der Waals surface area (Å²) in [5.41, 5.74) is 6.18. The third-order valence-corrected chi connectivity index (χ3v) is 2.70. The van der Waals surface area contributed by atoms with Crippen molar-refractivity contribution >= 4 is 0 Å². The number of halogens is 3. The zero-order chi connectivity index (χ0) is 14.7. The van der Waals surface area contributed by atoms with Gasteiger partial charge in [0.25, 0.3) is 0 Å². The molecule has 0 aliphatic rings. The third-order valence-electron chi connectivity index (χ3n) is 2.70. The van der Waals surface area contributed by atoms with Crippen molar-refractivity contribution in [2.45, 2.75) is 19.4 Å². The molecule has 0 amide bonds. The molecule has 0 saturated carbocycles. The van der Waals surface area contributed by atoms with E-state index < -0.39 is 17.5 Å². The number of hydrogen-bond donors (Lipinski definition) is 1. The Kier molecular flexibility index (Phi) is 4.29. The topological polar surface area (TPSA) is 35.2 Å².